The van der Waals surface area contributed by atoms with E-state index in [9.17, 15) is 9.59 Å². The predicted octanol–water partition coefficient (Wildman–Crippen LogP) is 4.40. The molecule has 1 N–H and O–H groups in total. The number of fused-ring (bicyclic) bond motifs is 1. The first-order valence-corrected chi connectivity index (χ1v) is 12.0. The lowest BCUT2D eigenvalue weighted by Gasteiger charge is -2.18. The van der Waals surface area contributed by atoms with E-state index in [1.54, 1.807) is 4.57 Å². The average Bonchev–Trinajstić information content (AvgIpc) is 3.66. The molecule has 2 aromatic carbocycles. The SMILES string of the molecule is Cc1ccc(C)c(-n2c(SCC(=O)NC(C3CC3)C3CC3)nc3ccccc3c2=O)c1. The second-order valence-electron chi connectivity index (χ2n) is 8.90. The van der Waals surface area contributed by atoms with Crippen LogP contribution in [0, 0.1) is 25.7 Å². The standard InChI is InChI=1S/C25H27N3O2S/c1-15-7-8-16(2)21(13-15)28-24(30)19-5-3-4-6-20(19)26-25(28)31-14-22(29)27-23(17-9-10-17)18-11-12-18/h3-8,13,17-18,23H,9-12,14H2,1-2H3,(H,27,29). The van der Waals surface area contributed by atoms with Crippen LogP contribution in [0.3, 0.4) is 0 Å². The Labute approximate surface area is 186 Å². The zero-order valence-corrected chi connectivity index (χ0v) is 18.7. The fourth-order valence-electron chi connectivity index (χ4n) is 4.27. The molecular formula is C25H27N3O2S. The highest BCUT2D eigenvalue weighted by atomic mass is 32.2. The Morgan fingerprint density at radius 2 is 1.84 bits per heavy atom. The third-order valence-electron chi connectivity index (χ3n) is 6.27. The summed E-state index contributed by atoms with van der Waals surface area (Å²) < 4.78 is 1.67. The lowest BCUT2D eigenvalue weighted by Crippen LogP contribution is -2.39. The Morgan fingerprint density at radius 1 is 1.13 bits per heavy atom. The van der Waals surface area contributed by atoms with Crippen molar-refractivity contribution in [2.24, 2.45) is 11.8 Å². The van der Waals surface area contributed by atoms with Gasteiger partial charge in [0.25, 0.3) is 5.56 Å². The molecule has 0 saturated heterocycles. The molecule has 2 fully saturated rings. The molecule has 0 spiro atoms. The molecule has 0 radical (unpaired) electrons. The van der Waals surface area contributed by atoms with E-state index in [4.69, 9.17) is 4.98 Å². The molecule has 1 aromatic heterocycles. The Hall–Kier alpha value is -2.60. The van der Waals surface area contributed by atoms with E-state index >= 15 is 0 Å². The third kappa shape index (κ3) is 4.26. The molecule has 6 heteroatoms. The van der Waals surface area contributed by atoms with E-state index in [-0.39, 0.29) is 17.2 Å². The maximum atomic E-state index is 13.4. The molecule has 2 aliphatic carbocycles. The first-order valence-electron chi connectivity index (χ1n) is 11.0. The molecule has 1 heterocycles. The lowest BCUT2D eigenvalue weighted by molar-refractivity contribution is -0.119. The van der Waals surface area contributed by atoms with E-state index in [2.05, 4.69) is 5.32 Å². The number of nitrogens with one attached hydrogen (secondary N) is 1. The summed E-state index contributed by atoms with van der Waals surface area (Å²) in [5, 5.41) is 4.41. The second kappa shape index (κ2) is 8.15. The van der Waals surface area contributed by atoms with Gasteiger partial charge in [-0.2, -0.15) is 0 Å². The molecule has 2 aliphatic rings. The molecule has 0 bridgehead atoms. The highest BCUT2D eigenvalue weighted by molar-refractivity contribution is 7.99. The summed E-state index contributed by atoms with van der Waals surface area (Å²) in [7, 11) is 0. The van der Waals surface area contributed by atoms with Gasteiger partial charge in [0.1, 0.15) is 0 Å². The molecule has 0 unspecified atom stereocenters. The predicted molar refractivity (Wildman–Crippen MR) is 125 cm³/mol. The number of aromatic nitrogens is 2. The van der Waals surface area contributed by atoms with E-state index in [0.29, 0.717) is 33.9 Å². The number of hydrogen-bond donors (Lipinski definition) is 1. The van der Waals surface area contributed by atoms with Gasteiger partial charge < -0.3 is 5.32 Å². The Morgan fingerprint density at radius 3 is 2.55 bits per heavy atom. The number of nitrogens with zero attached hydrogens (tertiary/aromatic N) is 2. The fraction of sp³-hybridized carbons (Fsp3) is 0.400. The van der Waals surface area contributed by atoms with Gasteiger partial charge in [-0.15, -0.1) is 0 Å². The molecule has 2 saturated carbocycles. The summed E-state index contributed by atoms with van der Waals surface area (Å²) >= 11 is 1.34. The molecule has 0 aliphatic heterocycles. The molecule has 0 atom stereocenters. The highest BCUT2D eigenvalue weighted by Gasteiger charge is 2.42. The van der Waals surface area contributed by atoms with Gasteiger partial charge in [-0.1, -0.05) is 36.0 Å². The Kier molecular flexibility index (Phi) is 5.34. The van der Waals surface area contributed by atoms with Crippen molar-refractivity contribution in [1.82, 2.24) is 14.9 Å². The summed E-state index contributed by atoms with van der Waals surface area (Å²) in [6.45, 7) is 4.01. The molecule has 5 rings (SSSR count). The van der Waals surface area contributed by atoms with Gasteiger partial charge >= 0.3 is 0 Å². The van der Waals surface area contributed by atoms with Crippen molar-refractivity contribution < 1.29 is 4.79 Å². The normalized spacial score (nSPS) is 16.1. The summed E-state index contributed by atoms with van der Waals surface area (Å²) in [6.07, 6.45) is 4.92. The van der Waals surface area contributed by atoms with Crippen LogP contribution in [0.25, 0.3) is 16.6 Å². The largest absolute Gasteiger partial charge is 0.352 e. The quantitative estimate of drug-likeness (QED) is 0.443. The van der Waals surface area contributed by atoms with Crippen LogP contribution in [0.4, 0.5) is 0 Å². The van der Waals surface area contributed by atoms with Crippen molar-refractivity contribution in [2.45, 2.75) is 50.7 Å². The smallest absolute Gasteiger partial charge is 0.266 e. The third-order valence-corrected chi connectivity index (χ3v) is 7.21. The van der Waals surface area contributed by atoms with E-state index in [1.165, 1.54) is 37.4 Å². The monoisotopic (exact) mass is 433 g/mol. The summed E-state index contributed by atoms with van der Waals surface area (Å²) in [4.78, 5) is 31.0. The Bertz CT molecular complexity index is 1200. The molecule has 31 heavy (non-hydrogen) atoms. The van der Waals surface area contributed by atoms with Crippen LogP contribution in [0.5, 0.6) is 0 Å². The summed E-state index contributed by atoms with van der Waals surface area (Å²) in [5.74, 6) is 1.61. The van der Waals surface area contributed by atoms with Crippen LogP contribution in [-0.4, -0.2) is 27.3 Å². The maximum absolute atomic E-state index is 13.4. The molecule has 160 valence electrons. The summed E-state index contributed by atoms with van der Waals surface area (Å²) in [6, 6.07) is 13.8. The number of carbonyl (C=O) groups excluding carboxylic acids is 1. The minimum Gasteiger partial charge on any atom is -0.352 e. The van der Waals surface area contributed by atoms with Crippen molar-refractivity contribution >= 4 is 28.6 Å². The van der Waals surface area contributed by atoms with Crippen molar-refractivity contribution in [3.8, 4) is 5.69 Å². The van der Waals surface area contributed by atoms with Gasteiger partial charge in [0.05, 0.1) is 22.3 Å². The van der Waals surface area contributed by atoms with Crippen LogP contribution in [0.15, 0.2) is 52.4 Å². The first-order chi connectivity index (χ1) is 15.0. The van der Waals surface area contributed by atoms with Gasteiger partial charge in [0, 0.05) is 6.04 Å². The number of rotatable bonds is 7. The van der Waals surface area contributed by atoms with Crippen LogP contribution >= 0.6 is 11.8 Å². The lowest BCUT2D eigenvalue weighted by atomic mass is 10.1. The number of amides is 1. The van der Waals surface area contributed by atoms with Crippen LogP contribution in [0.1, 0.15) is 36.8 Å². The summed E-state index contributed by atoms with van der Waals surface area (Å²) in [5.41, 5.74) is 3.45. The second-order valence-corrected chi connectivity index (χ2v) is 9.84. The molecule has 5 nitrogen and oxygen atoms in total. The van der Waals surface area contributed by atoms with Gasteiger partial charge in [-0.25, -0.2) is 4.98 Å². The van der Waals surface area contributed by atoms with Gasteiger partial charge in [0.2, 0.25) is 5.91 Å². The minimum atomic E-state index is -0.101. The van der Waals surface area contributed by atoms with Gasteiger partial charge in [-0.3, -0.25) is 14.2 Å². The number of carbonyl (C=O) groups is 1. The van der Waals surface area contributed by atoms with Crippen molar-refractivity contribution in [3.63, 3.8) is 0 Å². The van der Waals surface area contributed by atoms with E-state index in [0.717, 1.165) is 16.8 Å². The van der Waals surface area contributed by atoms with E-state index in [1.807, 2.05) is 56.3 Å². The van der Waals surface area contributed by atoms with Crippen LogP contribution in [-0.2, 0) is 4.79 Å². The van der Waals surface area contributed by atoms with Crippen LogP contribution < -0.4 is 10.9 Å². The average molecular weight is 434 g/mol. The zero-order valence-electron chi connectivity index (χ0n) is 17.9. The zero-order chi connectivity index (χ0) is 21.5. The van der Waals surface area contributed by atoms with Gasteiger partial charge in [-0.05, 0) is 80.7 Å². The highest BCUT2D eigenvalue weighted by Crippen LogP contribution is 2.44. The topological polar surface area (TPSA) is 64.0 Å². The molecule has 3 aromatic rings. The number of aryl methyl sites for hydroxylation is 2. The maximum Gasteiger partial charge on any atom is 0.266 e. The molecule has 1 amide bonds. The van der Waals surface area contributed by atoms with Crippen molar-refractivity contribution in [1.29, 1.82) is 0 Å². The number of hydrogen-bond acceptors (Lipinski definition) is 4. The first kappa shape index (κ1) is 20.3. The number of thioether (sulfide) groups is 1. The van der Waals surface area contributed by atoms with Gasteiger partial charge in [0.15, 0.2) is 5.16 Å². The number of para-hydroxylation sites is 1. The minimum absolute atomic E-state index is 0.0312. The van der Waals surface area contributed by atoms with Crippen molar-refractivity contribution in [2.75, 3.05) is 5.75 Å². The molecular weight excluding hydrogens is 406 g/mol. The Balaban J connectivity index is 1.47. The van der Waals surface area contributed by atoms with Crippen LogP contribution in [0.2, 0.25) is 0 Å². The fourth-order valence-corrected chi connectivity index (χ4v) is 5.09. The van der Waals surface area contributed by atoms with E-state index < -0.39 is 0 Å². The van der Waals surface area contributed by atoms with Crippen molar-refractivity contribution in [3.05, 3.63) is 63.9 Å². The number of benzene rings is 2.